The molecular formula is C16H26BN3O2. The van der Waals surface area contributed by atoms with Gasteiger partial charge in [0.15, 0.2) is 0 Å². The molecule has 1 N–H and O–H groups in total. The maximum absolute atomic E-state index is 6.06. The van der Waals surface area contributed by atoms with Crippen molar-refractivity contribution in [2.75, 3.05) is 25.0 Å². The van der Waals surface area contributed by atoms with Crippen LogP contribution in [0.4, 0.5) is 5.82 Å². The first-order chi connectivity index (χ1) is 10.3. The lowest BCUT2D eigenvalue weighted by Crippen LogP contribution is -2.41. The van der Waals surface area contributed by atoms with Crippen LogP contribution in [-0.4, -0.2) is 49.5 Å². The average molecular weight is 303 g/mol. The fraction of sp³-hybridized carbons (Fsp3) is 0.688. The van der Waals surface area contributed by atoms with Crippen LogP contribution in [0.1, 0.15) is 34.1 Å². The minimum absolute atomic E-state index is 0.314. The van der Waals surface area contributed by atoms with E-state index in [1.165, 1.54) is 0 Å². The van der Waals surface area contributed by atoms with Crippen LogP contribution in [-0.2, 0) is 9.31 Å². The Balaban J connectivity index is 1.71. The van der Waals surface area contributed by atoms with Gasteiger partial charge in [-0.05, 0) is 47.2 Å². The van der Waals surface area contributed by atoms with Gasteiger partial charge < -0.3 is 19.5 Å². The van der Waals surface area contributed by atoms with Crippen molar-refractivity contribution < 1.29 is 9.31 Å². The maximum atomic E-state index is 6.06. The van der Waals surface area contributed by atoms with Crippen molar-refractivity contribution in [3.05, 3.63) is 18.3 Å². The summed E-state index contributed by atoms with van der Waals surface area (Å²) < 4.78 is 12.1. The SMILES string of the molecule is CN[C@H]1CCN(c2ccc(B3OC(C)(C)C(C)(C)O3)cn2)C1. The van der Waals surface area contributed by atoms with Crippen molar-refractivity contribution in [3.63, 3.8) is 0 Å². The predicted octanol–water partition coefficient (Wildman–Crippen LogP) is 1.18. The number of rotatable bonds is 3. The molecule has 0 saturated carbocycles. The van der Waals surface area contributed by atoms with Gasteiger partial charge in [-0.15, -0.1) is 0 Å². The molecule has 0 aromatic carbocycles. The van der Waals surface area contributed by atoms with E-state index in [4.69, 9.17) is 9.31 Å². The molecule has 0 unspecified atom stereocenters. The predicted molar refractivity (Wildman–Crippen MR) is 89.6 cm³/mol. The van der Waals surface area contributed by atoms with Crippen LogP contribution in [0.25, 0.3) is 0 Å². The molecular weight excluding hydrogens is 277 g/mol. The lowest BCUT2D eigenvalue weighted by atomic mass is 9.80. The third kappa shape index (κ3) is 2.75. The summed E-state index contributed by atoms with van der Waals surface area (Å²) >= 11 is 0. The normalized spacial score (nSPS) is 26.7. The van der Waals surface area contributed by atoms with Crippen LogP contribution < -0.4 is 15.7 Å². The summed E-state index contributed by atoms with van der Waals surface area (Å²) in [5, 5.41) is 3.33. The molecule has 1 aromatic heterocycles. The molecule has 1 atom stereocenters. The maximum Gasteiger partial charge on any atom is 0.496 e. The first-order valence-electron chi connectivity index (χ1n) is 8.06. The standard InChI is InChI=1S/C16H26BN3O2/c1-15(2)16(3,4)22-17(21-15)12-6-7-14(19-10-12)20-9-8-13(11-20)18-5/h6-7,10,13,18H,8-9,11H2,1-5H3/t13-/m0/s1. The van der Waals surface area contributed by atoms with E-state index >= 15 is 0 Å². The highest BCUT2D eigenvalue weighted by Gasteiger charge is 2.51. The average Bonchev–Trinajstić information content (AvgIpc) is 3.02. The van der Waals surface area contributed by atoms with Crippen molar-refractivity contribution in [1.82, 2.24) is 10.3 Å². The lowest BCUT2D eigenvalue weighted by Gasteiger charge is -2.32. The molecule has 2 aliphatic heterocycles. The molecule has 2 fully saturated rings. The van der Waals surface area contributed by atoms with E-state index in [2.05, 4.69) is 55.0 Å². The topological polar surface area (TPSA) is 46.6 Å². The van der Waals surface area contributed by atoms with Gasteiger partial charge in [-0.1, -0.05) is 6.07 Å². The summed E-state index contributed by atoms with van der Waals surface area (Å²) in [6, 6.07) is 4.69. The number of aromatic nitrogens is 1. The Labute approximate surface area is 133 Å². The number of likely N-dealkylation sites (N-methyl/N-ethyl adjacent to an activating group) is 1. The molecule has 3 heterocycles. The Kier molecular flexibility index (Phi) is 3.95. The molecule has 0 spiro atoms. The highest BCUT2D eigenvalue weighted by molar-refractivity contribution is 6.62. The molecule has 6 heteroatoms. The summed E-state index contributed by atoms with van der Waals surface area (Å²) in [7, 11) is 1.68. The summed E-state index contributed by atoms with van der Waals surface area (Å²) in [6.45, 7) is 10.3. The van der Waals surface area contributed by atoms with Gasteiger partial charge in [0.25, 0.3) is 0 Å². The fourth-order valence-electron chi connectivity index (χ4n) is 2.91. The summed E-state index contributed by atoms with van der Waals surface area (Å²) in [5.74, 6) is 1.03. The molecule has 22 heavy (non-hydrogen) atoms. The third-order valence-corrected chi connectivity index (χ3v) is 5.22. The van der Waals surface area contributed by atoms with Crippen molar-refractivity contribution in [3.8, 4) is 0 Å². The van der Waals surface area contributed by atoms with E-state index in [1.807, 2.05) is 13.2 Å². The molecule has 0 aliphatic carbocycles. The monoisotopic (exact) mass is 303 g/mol. The number of hydrogen-bond acceptors (Lipinski definition) is 5. The van der Waals surface area contributed by atoms with E-state index in [0.29, 0.717) is 6.04 Å². The summed E-state index contributed by atoms with van der Waals surface area (Å²) in [5.41, 5.74) is 0.350. The van der Waals surface area contributed by atoms with E-state index in [1.54, 1.807) is 0 Å². The van der Waals surface area contributed by atoms with Gasteiger partial charge in [0.1, 0.15) is 5.82 Å². The second kappa shape index (κ2) is 5.51. The van der Waals surface area contributed by atoms with Crippen molar-refractivity contribution in [2.45, 2.75) is 51.4 Å². The van der Waals surface area contributed by atoms with Crippen molar-refractivity contribution in [2.24, 2.45) is 0 Å². The minimum Gasteiger partial charge on any atom is -0.399 e. The Morgan fingerprint density at radius 1 is 1.23 bits per heavy atom. The van der Waals surface area contributed by atoms with E-state index < -0.39 is 0 Å². The molecule has 0 bridgehead atoms. The summed E-state index contributed by atoms with van der Waals surface area (Å²) in [4.78, 5) is 6.92. The third-order valence-electron chi connectivity index (χ3n) is 5.22. The molecule has 2 saturated heterocycles. The molecule has 0 amide bonds. The first kappa shape index (κ1) is 15.8. The second-order valence-electron chi connectivity index (χ2n) is 7.26. The highest BCUT2D eigenvalue weighted by atomic mass is 16.7. The highest BCUT2D eigenvalue weighted by Crippen LogP contribution is 2.36. The smallest absolute Gasteiger partial charge is 0.399 e. The fourth-order valence-corrected chi connectivity index (χ4v) is 2.91. The Morgan fingerprint density at radius 2 is 1.91 bits per heavy atom. The second-order valence-corrected chi connectivity index (χ2v) is 7.26. The van der Waals surface area contributed by atoms with Crippen LogP contribution in [0.3, 0.4) is 0 Å². The van der Waals surface area contributed by atoms with Gasteiger partial charge in [0.2, 0.25) is 0 Å². The van der Waals surface area contributed by atoms with E-state index in [-0.39, 0.29) is 18.3 Å². The Morgan fingerprint density at radius 3 is 2.41 bits per heavy atom. The summed E-state index contributed by atoms with van der Waals surface area (Å²) in [6.07, 6.45) is 3.04. The van der Waals surface area contributed by atoms with Crippen LogP contribution in [0.5, 0.6) is 0 Å². The van der Waals surface area contributed by atoms with Gasteiger partial charge in [0, 0.05) is 30.8 Å². The van der Waals surface area contributed by atoms with Gasteiger partial charge in [-0.2, -0.15) is 0 Å². The molecule has 5 nitrogen and oxygen atoms in total. The van der Waals surface area contributed by atoms with Crippen LogP contribution >= 0.6 is 0 Å². The van der Waals surface area contributed by atoms with E-state index in [9.17, 15) is 0 Å². The number of nitrogens with zero attached hydrogens (tertiary/aromatic N) is 2. The number of anilines is 1. The van der Waals surface area contributed by atoms with Gasteiger partial charge in [-0.25, -0.2) is 4.98 Å². The van der Waals surface area contributed by atoms with Crippen LogP contribution in [0.15, 0.2) is 18.3 Å². The zero-order valence-corrected chi connectivity index (χ0v) is 14.2. The van der Waals surface area contributed by atoms with Gasteiger partial charge in [0.05, 0.1) is 11.2 Å². The zero-order valence-electron chi connectivity index (χ0n) is 14.2. The van der Waals surface area contributed by atoms with Crippen LogP contribution in [0, 0.1) is 0 Å². The van der Waals surface area contributed by atoms with Crippen LogP contribution in [0.2, 0.25) is 0 Å². The Bertz CT molecular complexity index is 517. The quantitative estimate of drug-likeness (QED) is 0.850. The molecule has 3 rings (SSSR count). The van der Waals surface area contributed by atoms with Crippen molar-refractivity contribution >= 4 is 18.4 Å². The number of pyridine rings is 1. The molecule has 1 aromatic rings. The number of hydrogen-bond donors (Lipinski definition) is 1. The zero-order chi connectivity index (χ0) is 16.0. The number of nitrogens with one attached hydrogen (secondary N) is 1. The first-order valence-corrected chi connectivity index (χ1v) is 8.06. The largest absolute Gasteiger partial charge is 0.496 e. The van der Waals surface area contributed by atoms with E-state index in [0.717, 1.165) is 30.8 Å². The molecule has 120 valence electrons. The van der Waals surface area contributed by atoms with Gasteiger partial charge >= 0.3 is 7.12 Å². The lowest BCUT2D eigenvalue weighted by molar-refractivity contribution is 0.00578. The van der Waals surface area contributed by atoms with Gasteiger partial charge in [-0.3, -0.25) is 0 Å². The minimum atomic E-state index is -0.338. The molecule has 2 aliphatic rings. The Hall–Kier alpha value is -1.11. The van der Waals surface area contributed by atoms with Crippen molar-refractivity contribution in [1.29, 1.82) is 0 Å². The molecule has 0 radical (unpaired) electrons.